The van der Waals surface area contributed by atoms with Crippen molar-refractivity contribution >= 4 is 17.4 Å². The van der Waals surface area contributed by atoms with E-state index in [1.165, 1.54) is 6.92 Å². The molecule has 0 bridgehead atoms. The van der Waals surface area contributed by atoms with Crippen molar-refractivity contribution in [3.05, 3.63) is 53.1 Å². The highest BCUT2D eigenvalue weighted by Crippen LogP contribution is 2.32. The van der Waals surface area contributed by atoms with E-state index in [9.17, 15) is 4.79 Å². The lowest BCUT2D eigenvalue weighted by Crippen LogP contribution is -2.07. The van der Waals surface area contributed by atoms with Gasteiger partial charge in [0.1, 0.15) is 12.4 Å². The standard InChI is InChI=1S/C17H17ClO3/c1-12(19)14-8-7-13(11-17(14)21-10-9-20-2)15-5-3-4-6-16(15)18/h3-8,11H,9-10H2,1-2H3. The fourth-order valence-corrected chi connectivity index (χ4v) is 2.28. The van der Waals surface area contributed by atoms with E-state index in [0.29, 0.717) is 29.5 Å². The number of carbonyl (C=O) groups is 1. The van der Waals surface area contributed by atoms with Gasteiger partial charge in [-0.15, -0.1) is 0 Å². The molecular formula is C17H17ClO3. The summed E-state index contributed by atoms with van der Waals surface area (Å²) in [6.45, 7) is 2.38. The molecule has 0 N–H and O–H groups in total. The Balaban J connectivity index is 2.39. The van der Waals surface area contributed by atoms with E-state index in [-0.39, 0.29) is 5.78 Å². The van der Waals surface area contributed by atoms with Gasteiger partial charge in [-0.25, -0.2) is 0 Å². The SMILES string of the molecule is COCCOc1cc(-c2ccccc2Cl)ccc1C(C)=O. The molecule has 21 heavy (non-hydrogen) atoms. The molecule has 0 saturated carbocycles. The van der Waals surface area contributed by atoms with Crippen LogP contribution in [0.4, 0.5) is 0 Å². The second kappa shape index (κ2) is 7.25. The number of hydrogen-bond acceptors (Lipinski definition) is 3. The third-order valence-electron chi connectivity index (χ3n) is 3.09. The smallest absolute Gasteiger partial charge is 0.163 e. The molecule has 0 fully saturated rings. The van der Waals surface area contributed by atoms with Crippen molar-refractivity contribution in [1.29, 1.82) is 0 Å². The summed E-state index contributed by atoms with van der Waals surface area (Å²) in [5.74, 6) is 0.519. The number of ether oxygens (including phenoxy) is 2. The number of halogens is 1. The molecule has 0 aliphatic rings. The lowest BCUT2D eigenvalue weighted by molar-refractivity contribution is 0.100. The van der Waals surface area contributed by atoms with Crippen molar-refractivity contribution in [2.75, 3.05) is 20.3 Å². The second-order valence-corrected chi connectivity index (χ2v) is 5.00. The number of benzene rings is 2. The van der Waals surface area contributed by atoms with Gasteiger partial charge in [0.05, 0.1) is 12.2 Å². The first-order chi connectivity index (χ1) is 10.1. The highest BCUT2D eigenvalue weighted by molar-refractivity contribution is 6.33. The number of Topliss-reactive ketones (excluding diaryl/α,β-unsaturated/α-hetero) is 1. The summed E-state index contributed by atoms with van der Waals surface area (Å²) in [6.07, 6.45) is 0. The maximum absolute atomic E-state index is 11.7. The van der Waals surface area contributed by atoms with Gasteiger partial charge in [-0.2, -0.15) is 0 Å². The van der Waals surface area contributed by atoms with Crippen LogP contribution in [0, 0.1) is 0 Å². The molecule has 0 unspecified atom stereocenters. The van der Waals surface area contributed by atoms with E-state index in [1.54, 1.807) is 13.2 Å². The highest BCUT2D eigenvalue weighted by atomic mass is 35.5. The van der Waals surface area contributed by atoms with Crippen molar-refractivity contribution in [2.45, 2.75) is 6.92 Å². The van der Waals surface area contributed by atoms with Gasteiger partial charge in [-0.05, 0) is 30.7 Å². The molecule has 0 aliphatic heterocycles. The molecule has 2 aromatic rings. The molecule has 0 heterocycles. The topological polar surface area (TPSA) is 35.5 Å². The van der Waals surface area contributed by atoms with Crippen molar-refractivity contribution < 1.29 is 14.3 Å². The Bertz CT molecular complexity index is 638. The number of methoxy groups -OCH3 is 1. The maximum atomic E-state index is 11.7. The first-order valence-electron chi connectivity index (χ1n) is 6.65. The molecule has 2 aromatic carbocycles. The van der Waals surface area contributed by atoms with Gasteiger partial charge in [-0.3, -0.25) is 4.79 Å². The van der Waals surface area contributed by atoms with Crippen LogP contribution in [-0.2, 0) is 4.74 Å². The summed E-state index contributed by atoms with van der Waals surface area (Å²) in [5.41, 5.74) is 2.38. The Hall–Kier alpha value is -1.84. The molecule has 4 heteroatoms. The first kappa shape index (κ1) is 15.5. The highest BCUT2D eigenvalue weighted by Gasteiger charge is 2.11. The van der Waals surface area contributed by atoms with E-state index >= 15 is 0 Å². The summed E-state index contributed by atoms with van der Waals surface area (Å²) in [4.78, 5) is 11.7. The van der Waals surface area contributed by atoms with Crippen LogP contribution in [0.15, 0.2) is 42.5 Å². The minimum atomic E-state index is -0.0341. The van der Waals surface area contributed by atoms with Gasteiger partial charge in [0.2, 0.25) is 0 Å². The Morgan fingerprint density at radius 2 is 1.90 bits per heavy atom. The number of rotatable bonds is 6. The number of carbonyl (C=O) groups excluding carboxylic acids is 1. The van der Waals surface area contributed by atoms with Crippen LogP contribution in [0.3, 0.4) is 0 Å². The zero-order valence-electron chi connectivity index (χ0n) is 12.1. The minimum absolute atomic E-state index is 0.0341. The van der Waals surface area contributed by atoms with E-state index in [1.807, 2.05) is 36.4 Å². The molecule has 0 aliphatic carbocycles. The van der Waals surface area contributed by atoms with Crippen LogP contribution in [0.25, 0.3) is 11.1 Å². The fraction of sp³-hybridized carbons (Fsp3) is 0.235. The van der Waals surface area contributed by atoms with Crippen LogP contribution in [0.2, 0.25) is 5.02 Å². The summed E-state index contributed by atoms with van der Waals surface area (Å²) in [5, 5.41) is 0.663. The van der Waals surface area contributed by atoms with Gasteiger partial charge < -0.3 is 9.47 Å². The predicted octanol–water partition coefficient (Wildman–Crippen LogP) is 4.23. The van der Waals surface area contributed by atoms with E-state index in [4.69, 9.17) is 21.1 Å². The number of hydrogen-bond donors (Lipinski definition) is 0. The first-order valence-corrected chi connectivity index (χ1v) is 7.03. The molecule has 2 rings (SSSR count). The van der Waals surface area contributed by atoms with Crippen LogP contribution < -0.4 is 4.74 Å². The van der Waals surface area contributed by atoms with Crippen LogP contribution >= 0.6 is 11.6 Å². The molecule has 0 atom stereocenters. The largest absolute Gasteiger partial charge is 0.490 e. The lowest BCUT2D eigenvalue weighted by atomic mass is 10.0. The molecule has 0 aromatic heterocycles. The van der Waals surface area contributed by atoms with Gasteiger partial charge in [-0.1, -0.05) is 35.9 Å². The van der Waals surface area contributed by atoms with E-state index in [2.05, 4.69) is 0 Å². The third kappa shape index (κ3) is 3.84. The fourth-order valence-electron chi connectivity index (χ4n) is 2.03. The second-order valence-electron chi connectivity index (χ2n) is 4.59. The zero-order chi connectivity index (χ0) is 15.2. The zero-order valence-corrected chi connectivity index (χ0v) is 12.8. The maximum Gasteiger partial charge on any atom is 0.163 e. The van der Waals surface area contributed by atoms with E-state index in [0.717, 1.165) is 11.1 Å². The average Bonchev–Trinajstić information content (AvgIpc) is 2.47. The van der Waals surface area contributed by atoms with Crippen molar-refractivity contribution in [3.8, 4) is 16.9 Å². The molecule has 110 valence electrons. The van der Waals surface area contributed by atoms with Crippen LogP contribution in [-0.4, -0.2) is 26.1 Å². The summed E-state index contributed by atoms with van der Waals surface area (Å²) < 4.78 is 10.6. The molecular weight excluding hydrogens is 288 g/mol. The van der Waals surface area contributed by atoms with Crippen LogP contribution in [0.5, 0.6) is 5.75 Å². The van der Waals surface area contributed by atoms with Gasteiger partial charge >= 0.3 is 0 Å². The molecule has 3 nitrogen and oxygen atoms in total. The Labute approximate surface area is 129 Å². The predicted molar refractivity (Wildman–Crippen MR) is 84.3 cm³/mol. The molecule has 0 spiro atoms. The van der Waals surface area contributed by atoms with Gasteiger partial charge in [0.15, 0.2) is 5.78 Å². The summed E-state index contributed by atoms with van der Waals surface area (Å²) in [6, 6.07) is 13.1. The molecule has 0 saturated heterocycles. The van der Waals surface area contributed by atoms with Gasteiger partial charge in [0.25, 0.3) is 0 Å². The van der Waals surface area contributed by atoms with Crippen LogP contribution in [0.1, 0.15) is 17.3 Å². The Morgan fingerprint density at radius 1 is 1.14 bits per heavy atom. The third-order valence-corrected chi connectivity index (χ3v) is 3.42. The number of ketones is 1. The quantitative estimate of drug-likeness (QED) is 0.591. The monoisotopic (exact) mass is 304 g/mol. The van der Waals surface area contributed by atoms with Crippen molar-refractivity contribution in [2.24, 2.45) is 0 Å². The normalized spacial score (nSPS) is 10.4. The minimum Gasteiger partial charge on any atom is -0.490 e. The van der Waals surface area contributed by atoms with Crippen molar-refractivity contribution in [3.63, 3.8) is 0 Å². The summed E-state index contributed by atoms with van der Waals surface area (Å²) >= 11 is 6.21. The van der Waals surface area contributed by atoms with Crippen molar-refractivity contribution in [1.82, 2.24) is 0 Å². The Kier molecular flexibility index (Phi) is 5.37. The Morgan fingerprint density at radius 3 is 2.57 bits per heavy atom. The molecule has 0 amide bonds. The van der Waals surface area contributed by atoms with E-state index < -0.39 is 0 Å². The average molecular weight is 305 g/mol. The molecule has 0 radical (unpaired) electrons. The van der Waals surface area contributed by atoms with Gasteiger partial charge in [0, 0.05) is 17.7 Å². The summed E-state index contributed by atoms with van der Waals surface area (Å²) in [7, 11) is 1.61. The lowest BCUT2D eigenvalue weighted by Gasteiger charge is -2.12.